The van der Waals surface area contributed by atoms with Gasteiger partial charge in [-0.25, -0.2) is 9.97 Å². The number of nitrogens with zero attached hydrogens (tertiary/aromatic N) is 3. The summed E-state index contributed by atoms with van der Waals surface area (Å²) in [6, 6.07) is 2.22. The summed E-state index contributed by atoms with van der Waals surface area (Å²) in [5.41, 5.74) is 5.86. The Morgan fingerprint density at radius 3 is 2.88 bits per heavy atom. The van der Waals surface area contributed by atoms with Crippen molar-refractivity contribution in [2.45, 2.75) is 25.3 Å². The Hall–Kier alpha value is -1.20. The normalized spacial score (nSPS) is 20.6. The molecule has 0 radical (unpaired) electrons. The molecule has 2 heterocycles. The fourth-order valence-corrected chi connectivity index (χ4v) is 2.12. The van der Waals surface area contributed by atoms with E-state index in [2.05, 4.69) is 20.2 Å². The van der Waals surface area contributed by atoms with Gasteiger partial charge in [-0.15, -0.1) is 0 Å². The summed E-state index contributed by atoms with van der Waals surface area (Å²) >= 11 is 0. The van der Waals surface area contributed by atoms with Crippen LogP contribution in [-0.4, -0.2) is 47.1 Å². The predicted molar refractivity (Wildman–Crippen MR) is 68.8 cm³/mol. The number of nitrogens with one attached hydrogen (secondary N) is 1. The number of nitrogens with two attached hydrogens (primary N) is 1. The van der Waals surface area contributed by atoms with Crippen LogP contribution in [0.2, 0.25) is 0 Å². The first kappa shape index (κ1) is 12.3. The lowest BCUT2D eigenvalue weighted by atomic mass is 10.3. The molecule has 0 bridgehead atoms. The molecule has 94 valence electrons. The van der Waals surface area contributed by atoms with Gasteiger partial charge in [-0.2, -0.15) is 0 Å². The molecular formula is C12H21N5. The summed E-state index contributed by atoms with van der Waals surface area (Å²) < 4.78 is 0. The monoisotopic (exact) mass is 235 g/mol. The van der Waals surface area contributed by atoms with Gasteiger partial charge in [-0.3, -0.25) is 0 Å². The zero-order valence-electron chi connectivity index (χ0n) is 10.2. The molecule has 0 aliphatic carbocycles. The third-order valence-electron chi connectivity index (χ3n) is 3.06. The van der Waals surface area contributed by atoms with Crippen LogP contribution in [-0.2, 0) is 0 Å². The molecule has 17 heavy (non-hydrogen) atoms. The van der Waals surface area contributed by atoms with Crippen molar-refractivity contribution < 1.29 is 0 Å². The van der Waals surface area contributed by atoms with Gasteiger partial charge >= 0.3 is 0 Å². The number of unbranched alkanes of at least 4 members (excludes halogenated alkanes) is 1. The smallest absolute Gasteiger partial charge is 0.222 e. The molecule has 0 saturated carbocycles. The van der Waals surface area contributed by atoms with E-state index in [0.29, 0.717) is 6.04 Å². The summed E-state index contributed by atoms with van der Waals surface area (Å²) in [6.45, 7) is 4.32. The quantitative estimate of drug-likeness (QED) is 0.711. The van der Waals surface area contributed by atoms with E-state index in [-0.39, 0.29) is 0 Å². The van der Waals surface area contributed by atoms with Crippen LogP contribution in [0.15, 0.2) is 18.5 Å². The Morgan fingerprint density at radius 2 is 2.18 bits per heavy atom. The maximum absolute atomic E-state index is 5.86. The van der Waals surface area contributed by atoms with E-state index in [1.807, 2.05) is 6.07 Å². The van der Waals surface area contributed by atoms with Gasteiger partial charge in [0, 0.05) is 31.5 Å². The molecule has 0 aromatic carbocycles. The van der Waals surface area contributed by atoms with Crippen molar-refractivity contribution in [1.29, 1.82) is 0 Å². The summed E-state index contributed by atoms with van der Waals surface area (Å²) in [5.74, 6) is 0.718. The largest absolute Gasteiger partial charge is 0.354 e. The molecule has 0 amide bonds. The molecule has 0 unspecified atom stereocenters. The summed E-state index contributed by atoms with van der Waals surface area (Å²) in [6.07, 6.45) is 6.99. The van der Waals surface area contributed by atoms with E-state index in [0.717, 1.165) is 45.0 Å². The van der Waals surface area contributed by atoms with Crippen LogP contribution in [0.4, 0.5) is 5.95 Å². The minimum atomic E-state index is 0.394. The van der Waals surface area contributed by atoms with Gasteiger partial charge in [0.05, 0.1) is 0 Å². The molecule has 5 heteroatoms. The number of anilines is 1. The molecule has 1 aliphatic rings. The lowest BCUT2D eigenvalue weighted by Gasteiger charge is -2.14. The van der Waals surface area contributed by atoms with Gasteiger partial charge < -0.3 is 16.0 Å². The van der Waals surface area contributed by atoms with Crippen LogP contribution in [0.5, 0.6) is 0 Å². The van der Waals surface area contributed by atoms with Crippen molar-refractivity contribution >= 4 is 5.95 Å². The molecule has 1 aromatic rings. The number of rotatable bonds is 6. The Bertz CT molecular complexity index is 316. The highest BCUT2D eigenvalue weighted by molar-refractivity contribution is 5.21. The van der Waals surface area contributed by atoms with Crippen LogP contribution in [0, 0.1) is 0 Å². The average molecular weight is 235 g/mol. The molecule has 1 aliphatic heterocycles. The second-order valence-corrected chi connectivity index (χ2v) is 4.56. The zero-order chi connectivity index (χ0) is 11.9. The van der Waals surface area contributed by atoms with E-state index in [4.69, 9.17) is 5.73 Å². The summed E-state index contributed by atoms with van der Waals surface area (Å²) in [5, 5.41) is 3.21. The second-order valence-electron chi connectivity index (χ2n) is 4.56. The first-order valence-electron chi connectivity index (χ1n) is 6.33. The van der Waals surface area contributed by atoms with Crippen molar-refractivity contribution in [2.24, 2.45) is 5.73 Å². The Morgan fingerprint density at radius 1 is 1.35 bits per heavy atom. The fourth-order valence-electron chi connectivity index (χ4n) is 2.12. The predicted octanol–water partition coefficient (Wildman–Crippen LogP) is 0.702. The van der Waals surface area contributed by atoms with Crippen molar-refractivity contribution in [3.8, 4) is 0 Å². The number of hydrogen-bond donors (Lipinski definition) is 2. The third kappa shape index (κ3) is 4.28. The Balaban J connectivity index is 1.52. The average Bonchev–Trinajstić information content (AvgIpc) is 2.76. The molecule has 1 fully saturated rings. The Kier molecular flexibility index (Phi) is 4.70. The first-order valence-corrected chi connectivity index (χ1v) is 6.33. The molecule has 1 atom stereocenters. The molecule has 2 rings (SSSR count). The van der Waals surface area contributed by atoms with Crippen LogP contribution in [0.1, 0.15) is 19.3 Å². The van der Waals surface area contributed by atoms with Crippen LogP contribution in [0.25, 0.3) is 0 Å². The highest BCUT2D eigenvalue weighted by atomic mass is 15.2. The van der Waals surface area contributed by atoms with Gasteiger partial charge in [0.15, 0.2) is 0 Å². The van der Waals surface area contributed by atoms with Crippen LogP contribution in [0.3, 0.4) is 0 Å². The number of hydrogen-bond acceptors (Lipinski definition) is 5. The van der Waals surface area contributed by atoms with E-state index in [9.17, 15) is 0 Å². The van der Waals surface area contributed by atoms with Crippen molar-refractivity contribution in [3.05, 3.63) is 18.5 Å². The van der Waals surface area contributed by atoms with Gasteiger partial charge in [0.25, 0.3) is 0 Å². The molecule has 1 saturated heterocycles. The van der Waals surface area contributed by atoms with Gasteiger partial charge in [0.2, 0.25) is 5.95 Å². The highest BCUT2D eigenvalue weighted by Crippen LogP contribution is 2.07. The van der Waals surface area contributed by atoms with Crippen molar-refractivity contribution in [3.63, 3.8) is 0 Å². The third-order valence-corrected chi connectivity index (χ3v) is 3.06. The van der Waals surface area contributed by atoms with Gasteiger partial charge in [-0.05, 0) is 38.4 Å². The van der Waals surface area contributed by atoms with E-state index in [1.165, 1.54) is 6.42 Å². The summed E-state index contributed by atoms with van der Waals surface area (Å²) in [4.78, 5) is 10.7. The number of likely N-dealkylation sites (tertiary alicyclic amines) is 1. The fraction of sp³-hybridized carbons (Fsp3) is 0.667. The molecule has 5 nitrogen and oxygen atoms in total. The van der Waals surface area contributed by atoms with E-state index >= 15 is 0 Å². The van der Waals surface area contributed by atoms with Crippen molar-refractivity contribution in [1.82, 2.24) is 14.9 Å². The molecule has 1 aromatic heterocycles. The standard InChI is InChI=1S/C12H21N5/c13-11-4-9-17(10-11)8-2-1-5-14-12-15-6-3-7-16-12/h3,6-7,11H,1-2,4-5,8-10,13H2,(H,14,15,16)/t11-/m0/s1. The minimum absolute atomic E-state index is 0.394. The SMILES string of the molecule is N[C@H]1CCN(CCCCNc2ncccn2)C1. The second kappa shape index (κ2) is 6.51. The minimum Gasteiger partial charge on any atom is -0.354 e. The Labute approximate surface area is 102 Å². The van der Waals surface area contributed by atoms with Crippen LogP contribution < -0.4 is 11.1 Å². The van der Waals surface area contributed by atoms with E-state index < -0.39 is 0 Å². The summed E-state index contributed by atoms with van der Waals surface area (Å²) in [7, 11) is 0. The maximum Gasteiger partial charge on any atom is 0.222 e. The molecular weight excluding hydrogens is 214 g/mol. The first-order chi connectivity index (χ1) is 8.34. The van der Waals surface area contributed by atoms with Crippen molar-refractivity contribution in [2.75, 3.05) is 31.5 Å². The van der Waals surface area contributed by atoms with Gasteiger partial charge in [-0.1, -0.05) is 0 Å². The topological polar surface area (TPSA) is 67.1 Å². The maximum atomic E-state index is 5.86. The zero-order valence-corrected chi connectivity index (χ0v) is 10.2. The van der Waals surface area contributed by atoms with Gasteiger partial charge in [0.1, 0.15) is 0 Å². The lowest BCUT2D eigenvalue weighted by Crippen LogP contribution is -2.27. The lowest BCUT2D eigenvalue weighted by molar-refractivity contribution is 0.327. The molecule has 0 spiro atoms. The highest BCUT2D eigenvalue weighted by Gasteiger charge is 2.17. The number of aromatic nitrogens is 2. The molecule has 3 N–H and O–H groups in total. The van der Waals surface area contributed by atoms with Crippen LogP contribution >= 0.6 is 0 Å². The van der Waals surface area contributed by atoms with E-state index in [1.54, 1.807) is 12.4 Å².